The molecule has 7 nitrogen and oxygen atoms in total. The summed E-state index contributed by atoms with van der Waals surface area (Å²) in [6.45, 7) is 8.34. The van der Waals surface area contributed by atoms with Crippen molar-refractivity contribution in [2.75, 3.05) is 18.2 Å². The van der Waals surface area contributed by atoms with Gasteiger partial charge in [-0.05, 0) is 43.2 Å². The summed E-state index contributed by atoms with van der Waals surface area (Å²) >= 11 is 1.33. The lowest BCUT2D eigenvalue weighted by Gasteiger charge is -2.16. The summed E-state index contributed by atoms with van der Waals surface area (Å²) in [5, 5.41) is 12.1. The Morgan fingerprint density at radius 1 is 1.22 bits per heavy atom. The van der Waals surface area contributed by atoms with E-state index in [9.17, 15) is 4.79 Å². The summed E-state index contributed by atoms with van der Waals surface area (Å²) in [6.07, 6.45) is 2.38. The number of hydrogen-bond donors (Lipinski definition) is 1. The van der Waals surface area contributed by atoms with Crippen molar-refractivity contribution >= 4 is 23.4 Å². The van der Waals surface area contributed by atoms with Crippen LogP contribution in [0.15, 0.2) is 66.3 Å². The highest BCUT2D eigenvalue weighted by Gasteiger charge is 2.20. The fraction of sp³-hybridized carbons (Fsp3) is 0.292. The minimum Gasteiger partial charge on any atom is -0.497 e. The Kier molecular flexibility index (Phi) is 8.33. The monoisotopic (exact) mass is 452 g/mol. The zero-order chi connectivity index (χ0) is 22.9. The molecule has 0 saturated carbocycles. The molecule has 168 valence electrons. The number of ether oxygens (including phenoxy) is 2. The molecule has 1 unspecified atom stereocenters. The number of rotatable bonds is 11. The van der Waals surface area contributed by atoms with Gasteiger partial charge in [0.25, 0.3) is 0 Å². The molecule has 0 radical (unpaired) electrons. The molecule has 0 bridgehead atoms. The molecule has 1 atom stereocenters. The van der Waals surface area contributed by atoms with Crippen molar-refractivity contribution < 1.29 is 14.3 Å². The molecule has 1 heterocycles. The van der Waals surface area contributed by atoms with Gasteiger partial charge in [0.15, 0.2) is 17.1 Å². The van der Waals surface area contributed by atoms with Crippen molar-refractivity contribution in [2.45, 2.75) is 38.1 Å². The minimum absolute atomic E-state index is 0.102. The molecule has 1 amide bonds. The number of allylic oxidation sites excluding steroid dienone is 1. The van der Waals surface area contributed by atoms with Gasteiger partial charge in [-0.1, -0.05) is 43.0 Å². The number of amides is 1. The number of carbonyl (C=O) groups excluding carboxylic acids is 1. The highest BCUT2D eigenvalue weighted by Crippen LogP contribution is 2.27. The fourth-order valence-corrected chi connectivity index (χ4v) is 3.85. The summed E-state index contributed by atoms with van der Waals surface area (Å²) in [4.78, 5) is 12.4. The molecule has 8 heteroatoms. The number of nitrogens with zero attached hydrogens (tertiary/aromatic N) is 3. The van der Waals surface area contributed by atoms with Gasteiger partial charge < -0.3 is 14.8 Å². The van der Waals surface area contributed by atoms with Crippen LogP contribution < -0.4 is 14.8 Å². The van der Waals surface area contributed by atoms with Crippen LogP contribution in [0.4, 0.5) is 5.69 Å². The van der Waals surface area contributed by atoms with Gasteiger partial charge in [0.05, 0.1) is 12.9 Å². The molecule has 0 spiro atoms. The molecular formula is C24H28N4O3S. The third kappa shape index (κ3) is 6.13. The number of carbonyl (C=O) groups is 1. The predicted octanol–water partition coefficient (Wildman–Crippen LogP) is 4.91. The van der Waals surface area contributed by atoms with Crippen LogP contribution in [0, 0.1) is 0 Å². The molecular weight excluding hydrogens is 424 g/mol. The first kappa shape index (κ1) is 23.4. The number of hydrogen-bond acceptors (Lipinski definition) is 6. The summed E-state index contributed by atoms with van der Waals surface area (Å²) in [5.41, 5.74) is 2.01. The van der Waals surface area contributed by atoms with Crippen molar-refractivity contribution in [2.24, 2.45) is 0 Å². The van der Waals surface area contributed by atoms with Gasteiger partial charge in [-0.3, -0.25) is 9.36 Å². The Labute approximate surface area is 192 Å². The lowest BCUT2D eigenvalue weighted by Crippen LogP contribution is -2.15. The van der Waals surface area contributed by atoms with E-state index in [0.29, 0.717) is 29.0 Å². The normalized spacial score (nSPS) is 11.6. The van der Waals surface area contributed by atoms with Gasteiger partial charge in [-0.15, -0.1) is 16.8 Å². The quantitative estimate of drug-likeness (QED) is 0.329. The highest BCUT2D eigenvalue weighted by molar-refractivity contribution is 7.99. The van der Waals surface area contributed by atoms with Crippen LogP contribution in [0.5, 0.6) is 11.5 Å². The second kappa shape index (κ2) is 11.4. The van der Waals surface area contributed by atoms with Gasteiger partial charge in [0, 0.05) is 18.3 Å². The van der Waals surface area contributed by atoms with E-state index in [4.69, 9.17) is 9.47 Å². The molecule has 0 aliphatic carbocycles. The molecule has 0 saturated heterocycles. The van der Waals surface area contributed by atoms with Crippen LogP contribution >= 0.6 is 11.8 Å². The maximum absolute atomic E-state index is 12.4. The van der Waals surface area contributed by atoms with Crippen molar-refractivity contribution in [3.05, 3.63) is 72.6 Å². The van der Waals surface area contributed by atoms with Crippen molar-refractivity contribution in [3.63, 3.8) is 0 Å². The van der Waals surface area contributed by atoms with Crippen molar-refractivity contribution in [1.29, 1.82) is 0 Å². The zero-order valence-corrected chi connectivity index (χ0v) is 19.4. The Morgan fingerprint density at radius 3 is 2.66 bits per heavy atom. The van der Waals surface area contributed by atoms with Gasteiger partial charge >= 0.3 is 0 Å². The van der Waals surface area contributed by atoms with Gasteiger partial charge in [0.1, 0.15) is 11.5 Å². The molecule has 0 fully saturated rings. The number of methoxy groups -OCH3 is 1. The maximum Gasteiger partial charge on any atom is 0.234 e. The van der Waals surface area contributed by atoms with Crippen LogP contribution in [0.3, 0.4) is 0 Å². The lowest BCUT2D eigenvalue weighted by molar-refractivity contribution is -0.113. The Hall–Kier alpha value is -3.26. The van der Waals surface area contributed by atoms with E-state index in [0.717, 1.165) is 12.1 Å². The Balaban J connectivity index is 1.65. The topological polar surface area (TPSA) is 78.3 Å². The van der Waals surface area contributed by atoms with E-state index in [-0.39, 0.29) is 17.8 Å². The molecule has 2 aromatic carbocycles. The van der Waals surface area contributed by atoms with E-state index >= 15 is 0 Å². The number of aryl methyl sites for hydroxylation is 1. The van der Waals surface area contributed by atoms with Crippen LogP contribution in [0.25, 0.3) is 0 Å². The van der Waals surface area contributed by atoms with Crippen LogP contribution in [-0.4, -0.2) is 33.5 Å². The first-order chi connectivity index (χ1) is 15.5. The number of thioether (sulfide) groups is 1. The molecule has 32 heavy (non-hydrogen) atoms. The fourth-order valence-electron chi connectivity index (χ4n) is 3.09. The SMILES string of the molecule is C=CCn1c(SCC(=O)Nc2ccc(CC)cc2)nnc1C(C)Oc1cccc(OC)c1. The number of nitrogens with one attached hydrogen (secondary N) is 1. The molecule has 0 aliphatic heterocycles. The maximum atomic E-state index is 12.4. The number of benzene rings is 2. The molecule has 3 rings (SSSR count). The highest BCUT2D eigenvalue weighted by atomic mass is 32.2. The summed E-state index contributed by atoms with van der Waals surface area (Å²) in [7, 11) is 1.61. The van der Waals surface area contributed by atoms with E-state index in [1.165, 1.54) is 17.3 Å². The van der Waals surface area contributed by atoms with E-state index in [1.54, 1.807) is 13.2 Å². The molecule has 0 aliphatic rings. The van der Waals surface area contributed by atoms with Gasteiger partial charge in [0.2, 0.25) is 5.91 Å². The second-order valence-corrected chi connectivity index (χ2v) is 8.01. The smallest absolute Gasteiger partial charge is 0.234 e. The average molecular weight is 453 g/mol. The predicted molar refractivity (Wildman–Crippen MR) is 127 cm³/mol. The van der Waals surface area contributed by atoms with Gasteiger partial charge in [-0.2, -0.15) is 0 Å². The number of aromatic nitrogens is 3. The van der Waals surface area contributed by atoms with Crippen molar-refractivity contribution in [3.8, 4) is 11.5 Å². The third-order valence-electron chi connectivity index (χ3n) is 4.75. The minimum atomic E-state index is -0.352. The van der Waals surface area contributed by atoms with Crippen LogP contribution in [0.1, 0.15) is 31.3 Å². The first-order valence-corrected chi connectivity index (χ1v) is 11.4. The summed E-state index contributed by atoms with van der Waals surface area (Å²) in [6, 6.07) is 15.3. The Bertz CT molecular complexity index is 1050. The third-order valence-corrected chi connectivity index (χ3v) is 5.72. The van der Waals surface area contributed by atoms with Crippen molar-refractivity contribution in [1.82, 2.24) is 14.8 Å². The zero-order valence-electron chi connectivity index (χ0n) is 18.6. The summed E-state index contributed by atoms with van der Waals surface area (Å²) < 4.78 is 13.2. The largest absolute Gasteiger partial charge is 0.497 e. The van der Waals surface area contributed by atoms with E-state index in [2.05, 4.69) is 29.0 Å². The second-order valence-electron chi connectivity index (χ2n) is 7.07. The standard InChI is InChI=1S/C24H28N4O3S/c1-5-14-28-23(17(3)31-21-9-7-8-20(15-21)30-4)26-27-24(28)32-16-22(29)25-19-12-10-18(6-2)11-13-19/h5,7-13,15,17H,1,6,14,16H2,2-4H3,(H,25,29). The molecule has 1 N–H and O–H groups in total. The summed E-state index contributed by atoms with van der Waals surface area (Å²) in [5.74, 6) is 2.16. The lowest BCUT2D eigenvalue weighted by atomic mass is 10.1. The first-order valence-electron chi connectivity index (χ1n) is 10.4. The van der Waals surface area contributed by atoms with Crippen LogP contribution in [-0.2, 0) is 17.8 Å². The average Bonchev–Trinajstić information content (AvgIpc) is 3.21. The van der Waals surface area contributed by atoms with E-state index < -0.39 is 0 Å². The molecule has 1 aromatic heterocycles. The van der Waals surface area contributed by atoms with Crippen LogP contribution in [0.2, 0.25) is 0 Å². The number of anilines is 1. The van der Waals surface area contributed by atoms with E-state index in [1.807, 2.05) is 60.0 Å². The van der Waals surface area contributed by atoms with Gasteiger partial charge in [-0.25, -0.2) is 0 Å². The molecule has 3 aromatic rings. The Morgan fingerprint density at radius 2 is 1.97 bits per heavy atom.